The molecule has 6 heteroatoms. The molecule has 4 nitrogen and oxygen atoms in total. The molecule has 0 aromatic heterocycles. The average Bonchev–Trinajstić information content (AvgIpc) is 0.811. The van der Waals surface area contributed by atoms with Gasteiger partial charge in [-0.15, -0.1) is 0 Å². The van der Waals surface area contributed by atoms with Crippen LogP contribution in [0.4, 0.5) is 4.79 Å². The van der Waals surface area contributed by atoms with Gasteiger partial charge in [-0.25, -0.2) is 4.79 Å². The van der Waals surface area contributed by atoms with Gasteiger partial charge < -0.3 is 17.1 Å². The van der Waals surface area contributed by atoms with Crippen molar-refractivity contribution in [1.29, 1.82) is 0 Å². The van der Waals surface area contributed by atoms with E-state index in [4.69, 9.17) is 15.0 Å². The van der Waals surface area contributed by atoms with E-state index >= 15 is 0 Å². The topological polar surface area (TPSA) is 89.0 Å². The van der Waals surface area contributed by atoms with Crippen LogP contribution in [0.15, 0.2) is 0 Å². The van der Waals surface area contributed by atoms with Crippen LogP contribution in [0.5, 0.6) is 0 Å². The molecule has 0 bridgehead atoms. The Bertz CT molecular complexity index is 39.0. The molecule has 7 heavy (non-hydrogen) atoms. The van der Waals surface area contributed by atoms with Crippen LogP contribution < -0.4 is 18.9 Å². The predicted octanol–water partition coefficient (Wildman–Crippen LogP) is -4.67. The Kier molecular flexibility index (Phi) is 61.0. The Morgan fingerprint density at radius 3 is 1.43 bits per heavy atom. The number of hydrogen-bond donors (Lipinski definition) is 2. The van der Waals surface area contributed by atoms with E-state index in [0.29, 0.717) is 0 Å². The van der Waals surface area contributed by atoms with Crippen molar-refractivity contribution in [3.63, 3.8) is 0 Å². The van der Waals surface area contributed by atoms with E-state index in [-0.39, 0.29) is 43.1 Å². The Morgan fingerprint density at radius 1 is 1.43 bits per heavy atom. The number of hydrogen-bond acceptors (Lipinski definition) is 1. The summed E-state index contributed by atoms with van der Waals surface area (Å²) in [4.78, 5) is 8.56. The molecule has 0 amide bonds. The maximum atomic E-state index is 8.56. The summed E-state index contributed by atoms with van der Waals surface area (Å²) < 4.78 is 0. The molecule has 0 unspecified atom stereocenters. The van der Waals surface area contributed by atoms with Crippen LogP contribution >= 0.6 is 0 Å². The van der Waals surface area contributed by atoms with Crippen LogP contribution in [0, 0.1) is 0 Å². The van der Waals surface area contributed by atoms with Gasteiger partial charge in [0.25, 0.3) is 0 Å². The van der Waals surface area contributed by atoms with Crippen molar-refractivity contribution in [3.8, 4) is 0 Å². The van der Waals surface area contributed by atoms with Gasteiger partial charge in [-0.05, 0) is 0 Å². The number of carboxylic acid groups (broad SMARTS) is 2. The summed E-state index contributed by atoms with van der Waals surface area (Å²) >= 11 is 0. The molecule has 0 aromatic rings. The second kappa shape index (κ2) is 16.2. The fourth-order valence-electron chi connectivity index (χ4n) is 0. The quantitative estimate of drug-likeness (QED) is 0.313. The van der Waals surface area contributed by atoms with E-state index < -0.39 is 6.16 Å². The van der Waals surface area contributed by atoms with Gasteiger partial charge in [0.2, 0.25) is 0 Å². The summed E-state index contributed by atoms with van der Waals surface area (Å²) in [6.07, 6.45) is -1.83. The van der Waals surface area contributed by atoms with Gasteiger partial charge in [-0.3, -0.25) is 0 Å². The zero-order chi connectivity index (χ0) is 3.58. The average molecular weight is 118 g/mol. The summed E-state index contributed by atoms with van der Waals surface area (Å²) in [5.74, 6) is 0. The predicted molar refractivity (Wildman–Crippen MR) is 25.3 cm³/mol. The third-order valence-electron chi connectivity index (χ3n) is 0. The maximum Gasteiger partial charge on any atom is 1.00 e. The molecule has 40 valence electrons. The van der Waals surface area contributed by atoms with Gasteiger partial charge in [0.05, 0.1) is 0 Å². The van der Waals surface area contributed by atoms with E-state index in [1.807, 2.05) is 0 Å². The summed E-state index contributed by atoms with van der Waals surface area (Å²) in [7, 11) is 0. The maximum absolute atomic E-state index is 8.56. The summed E-state index contributed by atoms with van der Waals surface area (Å²) in [5, 5.41) is 13.9. The van der Waals surface area contributed by atoms with E-state index in [1.165, 1.54) is 0 Å². The molecule has 0 aromatic carbocycles. The van der Waals surface area contributed by atoms with Crippen molar-refractivity contribution in [2.24, 2.45) is 0 Å². The molecule has 0 aliphatic heterocycles. The largest absolute Gasteiger partial charge is 1.00 e. The van der Waals surface area contributed by atoms with Gasteiger partial charge in [-0.2, -0.15) is 0 Å². The molecule has 0 aliphatic rings. The first-order chi connectivity index (χ1) is 1.73. The molecule has 0 fully saturated rings. The first-order valence-corrected chi connectivity index (χ1v) is 0.651. The number of rotatable bonds is 0. The molecule has 0 saturated heterocycles. The number of carbonyl (C=O) groups is 1. The van der Waals surface area contributed by atoms with Crippen molar-refractivity contribution in [2.75, 3.05) is 0 Å². The molecule has 0 radical (unpaired) electrons. The Hall–Kier alpha value is 0.360. The van der Waals surface area contributed by atoms with E-state index in [2.05, 4.69) is 0 Å². The van der Waals surface area contributed by atoms with Crippen molar-refractivity contribution >= 4 is 23.5 Å². The zero-order valence-corrected chi connectivity index (χ0v) is 3.30. The first-order valence-electron chi connectivity index (χ1n) is 0.651. The van der Waals surface area contributed by atoms with Crippen molar-refractivity contribution in [1.82, 2.24) is 0 Å². The zero-order valence-electron chi connectivity index (χ0n) is 4.30. The van der Waals surface area contributed by atoms with E-state index in [9.17, 15) is 0 Å². The van der Waals surface area contributed by atoms with Crippen LogP contribution in [0.3, 0.4) is 0 Å². The molecule has 0 aliphatic carbocycles. The fraction of sp³-hybridized carbons (Fsp3) is 0. The molecule has 0 spiro atoms. The molecular formula is CH8AlLiO4. The third-order valence-corrected chi connectivity index (χ3v) is 0. The van der Waals surface area contributed by atoms with Gasteiger partial charge in [-0.1, -0.05) is 0 Å². The van der Waals surface area contributed by atoms with Gasteiger partial charge in [0.1, 0.15) is 0 Å². The van der Waals surface area contributed by atoms with E-state index in [0.717, 1.165) is 0 Å². The standard InChI is InChI=1S/CH2O3.Al.Li.H2O.4H/c2-1(3)4;;;;;;;/h(H2,2,3,4);;;1H2;;;;/q;;+1;;;;;-1. The molecule has 0 rings (SSSR count). The second-order valence-electron chi connectivity index (χ2n) is 0.283. The Labute approximate surface area is 64.6 Å². The molecule has 0 heterocycles. The van der Waals surface area contributed by atoms with Crippen molar-refractivity contribution in [3.05, 3.63) is 0 Å². The van der Waals surface area contributed by atoms with Crippen LogP contribution in [0.2, 0.25) is 0 Å². The van der Waals surface area contributed by atoms with Crippen LogP contribution in [-0.4, -0.2) is 39.2 Å². The summed E-state index contributed by atoms with van der Waals surface area (Å²) in [6.45, 7) is 0. The van der Waals surface area contributed by atoms with Crippen LogP contribution in [0.25, 0.3) is 0 Å². The third kappa shape index (κ3) is 933. The van der Waals surface area contributed by atoms with Crippen LogP contribution in [-0.2, 0) is 0 Å². The minimum atomic E-state index is -1.83. The smallest absolute Gasteiger partial charge is 1.00 e. The molecule has 0 saturated carbocycles. The van der Waals surface area contributed by atoms with Crippen LogP contribution in [0.1, 0.15) is 1.43 Å². The van der Waals surface area contributed by atoms with Crippen molar-refractivity contribution in [2.45, 2.75) is 0 Å². The Morgan fingerprint density at radius 2 is 1.43 bits per heavy atom. The van der Waals surface area contributed by atoms with Gasteiger partial charge in [0.15, 0.2) is 17.4 Å². The summed E-state index contributed by atoms with van der Waals surface area (Å²) in [5.41, 5.74) is 0. The van der Waals surface area contributed by atoms with Crippen molar-refractivity contribution < 1.29 is 40.8 Å². The normalized spacial score (nSPS) is 3.43. The van der Waals surface area contributed by atoms with Gasteiger partial charge >= 0.3 is 25.0 Å². The molecular weight excluding hydrogens is 110 g/mol. The first kappa shape index (κ1) is 26.4. The fourth-order valence-corrected chi connectivity index (χ4v) is 0. The second-order valence-corrected chi connectivity index (χ2v) is 0.283. The SMILES string of the molecule is O.O=C(O)O.[AlH3].[H-].[Li+]. The van der Waals surface area contributed by atoms with Gasteiger partial charge in [0, 0.05) is 0 Å². The Balaban J connectivity index is -0.00000000750. The summed E-state index contributed by atoms with van der Waals surface area (Å²) in [6, 6.07) is 0. The minimum absolute atomic E-state index is 0. The molecule has 4 N–H and O–H groups in total. The minimum Gasteiger partial charge on any atom is -1.00 e. The molecule has 0 atom stereocenters. The monoisotopic (exact) mass is 118 g/mol. The van der Waals surface area contributed by atoms with E-state index in [1.54, 1.807) is 0 Å².